The minimum absolute atomic E-state index is 0.281. The first kappa shape index (κ1) is 19.7. The van der Waals surface area contributed by atoms with Gasteiger partial charge in [-0.1, -0.05) is 35.0 Å². The van der Waals surface area contributed by atoms with E-state index in [1.54, 1.807) is 11.3 Å². The Morgan fingerprint density at radius 2 is 1.76 bits per heavy atom. The summed E-state index contributed by atoms with van der Waals surface area (Å²) in [5.74, 6) is 2.96. The lowest BCUT2D eigenvalue weighted by Crippen LogP contribution is -2.48. The molecule has 3 nitrogen and oxygen atoms in total. The van der Waals surface area contributed by atoms with Crippen molar-refractivity contribution >= 4 is 38.3 Å². The average molecular weight is 473 g/mol. The van der Waals surface area contributed by atoms with Crippen LogP contribution in [0.5, 0.6) is 0 Å². The summed E-state index contributed by atoms with van der Waals surface area (Å²) in [6.45, 7) is 2.91. The molecule has 1 aromatic heterocycles. The third-order valence-electron chi connectivity index (χ3n) is 7.30. The highest BCUT2D eigenvalue weighted by molar-refractivity contribution is 9.10. The Bertz CT molecular complexity index is 855. The zero-order valence-corrected chi connectivity index (χ0v) is 19.5. The number of hydrogen-bond acceptors (Lipinski definition) is 3. The van der Waals surface area contributed by atoms with Gasteiger partial charge in [0.1, 0.15) is 0 Å². The topological polar surface area (TPSA) is 33.2 Å². The van der Waals surface area contributed by atoms with E-state index in [9.17, 15) is 4.79 Å². The lowest BCUT2D eigenvalue weighted by molar-refractivity contribution is -0.126. The van der Waals surface area contributed by atoms with E-state index in [-0.39, 0.29) is 5.41 Å². The van der Waals surface area contributed by atoms with E-state index >= 15 is 0 Å². The number of halogens is 1. The molecule has 1 amide bonds. The molecule has 2 aromatic rings. The van der Waals surface area contributed by atoms with Crippen molar-refractivity contribution in [3.05, 3.63) is 34.1 Å². The summed E-state index contributed by atoms with van der Waals surface area (Å²) in [5, 5.41) is 2.94. The second kappa shape index (κ2) is 7.81. The number of rotatable bonds is 6. The number of hydrogen-bond donors (Lipinski definition) is 0. The fraction of sp³-hybridized carbons (Fsp3) is 0.583. The second-order valence-corrected chi connectivity index (χ2v) is 11.4. The Morgan fingerprint density at radius 3 is 2.34 bits per heavy atom. The molecule has 1 aromatic carbocycles. The van der Waals surface area contributed by atoms with E-state index in [2.05, 4.69) is 40.4 Å². The van der Waals surface area contributed by atoms with Gasteiger partial charge in [-0.3, -0.25) is 9.69 Å². The van der Waals surface area contributed by atoms with Gasteiger partial charge in [0, 0.05) is 28.4 Å². The Kier molecular flexibility index (Phi) is 5.32. The summed E-state index contributed by atoms with van der Waals surface area (Å²) in [6, 6.07) is 8.22. The molecule has 0 aliphatic heterocycles. The van der Waals surface area contributed by atoms with Gasteiger partial charge in [0.05, 0.1) is 5.69 Å². The predicted molar refractivity (Wildman–Crippen MR) is 123 cm³/mol. The van der Waals surface area contributed by atoms with E-state index in [1.807, 2.05) is 17.0 Å². The van der Waals surface area contributed by atoms with Gasteiger partial charge in [0.2, 0.25) is 5.91 Å². The van der Waals surface area contributed by atoms with Crippen LogP contribution in [0.25, 0.3) is 11.3 Å². The van der Waals surface area contributed by atoms with Crippen LogP contribution >= 0.6 is 27.3 Å². The monoisotopic (exact) mass is 472 g/mol. The van der Waals surface area contributed by atoms with Crippen LogP contribution in [0, 0.1) is 23.2 Å². The first-order valence-electron chi connectivity index (χ1n) is 11.1. The van der Waals surface area contributed by atoms with Gasteiger partial charge in [-0.05, 0) is 80.2 Å². The summed E-state index contributed by atoms with van der Waals surface area (Å²) in [5.41, 5.74) is 2.34. The molecule has 154 valence electrons. The fourth-order valence-corrected chi connectivity index (χ4v) is 7.76. The normalized spacial score (nSPS) is 29.9. The van der Waals surface area contributed by atoms with Gasteiger partial charge in [-0.2, -0.15) is 0 Å². The van der Waals surface area contributed by atoms with E-state index in [1.165, 1.54) is 38.5 Å². The number of benzene rings is 1. The zero-order chi connectivity index (χ0) is 20.0. The average Bonchev–Trinajstić information content (AvgIpc) is 3.14. The van der Waals surface area contributed by atoms with E-state index < -0.39 is 0 Å². The molecule has 0 N–H and O–H groups in total. The van der Waals surface area contributed by atoms with E-state index in [0.717, 1.165) is 58.0 Å². The molecule has 0 unspecified atom stereocenters. The number of thiazole rings is 1. The molecule has 0 radical (unpaired) electrons. The van der Waals surface area contributed by atoms with Gasteiger partial charge >= 0.3 is 0 Å². The molecule has 5 heteroatoms. The molecular formula is C24H29BrN2OS. The van der Waals surface area contributed by atoms with Gasteiger partial charge in [0.15, 0.2) is 5.13 Å². The number of anilines is 1. The molecule has 0 spiro atoms. The third-order valence-corrected chi connectivity index (χ3v) is 8.69. The minimum atomic E-state index is 0.281. The highest BCUT2D eigenvalue weighted by Crippen LogP contribution is 2.61. The van der Waals surface area contributed by atoms with Crippen LogP contribution in [-0.4, -0.2) is 17.4 Å². The third kappa shape index (κ3) is 3.93. The molecule has 0 atom stereocenters. The van der Waals surface area contributed by atoms with Crippen LogP contribution in [0.15, 0.2) is 34.1 Å². The summed E-state index contributed by atoms with van der Waals surface area (Å²) in [7, 11) is 0. The van der Waals surface area contributed by atoms with Crippen molar-refractivity contribution in [2.45, 2.75) is 58.3 Å². The van der Waals surface area contributed by atoms with Crippen LogP contribution in [0.4, 0.5) is 5.13 Å². The van der Waals surface area contributed by atoms with Crippen molar-refractivity contribution < 1.29 is 4.79 Å². The lowest BCUT2D eigenvalue weighted by atomic mass is 9.49. The van der Waals surface area contributed by atoms with Crippen molar-refractivity contribution in [3.8, 4) is 11.3 Å². The Morgan fingerprint density at radius 1 is 1.14 bits per heavy atom. The molecule has 6 rings (SSSR count). The van der Waals surface area contributed by atoms with Gasteiger partial charge < -0.3 is 0 Å². The van der Waals surface area contributed by atoms with Crippen LogP contribution < -0.4 is 4.90 Å². The molecule has 0 saturated heterocycles. The highest BCUT2D eigenvalue weighted by atomic mass is 79.9. The standard InChI is InChI=1S/C24H29BrN2OS/c1-2-7-27(23-26-21(15-29-23)19-3-5-20(25)6-4-19)22(28)14-24-11-16-8-17(12-24)10-18(9-16)13-24/h3-6,15-18H,2,7-14H2,1H3. The Balaban J connectivity index is 1.35. The van der Waals surface area contributed by atoms with Crippen LogP contribution in [0.3, 0.4) is 0 Å². The van der Waals surface area contributed by atoms with Crippen molar-refractivity contribution in [2.75, 3.05) is 11.4 Å². The van der Waals surface area contributed by atoms with Crippen molar-refractivity contribution in [1.29, 1.82) is 0 Å². The number of amides is 1. The summed E-state index contributed by atoms with van der Waals surface area (Å²) >= 11 is 5.09. The van der Waals surface area contributed by atoms with Crippen molar-refractivity contribution in [1.82, 2.24) is 4.98 Å². The smallest absolute Gasteiger partial charge is 0.229 e. The van der Waals surface area contributed by atoms with Gasteiger partial charge in [0.25, 0.3) is 0 Å². The second-order valence-electron chi connectivity index (χ2n) is 9.66. The maximum atomic E-state index is 13.5. The predicted octanol–water partition coefficient (Wildman–Crippen LogP) is 6.92. The summed E-state index contributed by atoms with van der Waals surface area (Å²) in [6.07, 6.45) is 9.81. The molecule has 4 aliphatic rings. The summed E-state index contributed by atoms with van der Waals surface area (Å²) < 4.78 is 1.06. The van der Waals surface area contributed by atoms with Crippen LogP contribution in [0.1, 0.15) is 58.3 Å². The first-order valence-corrected chi connectivity index (χ1v) is 12.7. The number of carbonyl (C=O) groups excluding carboxylic acids is 1. The molecule has 29 heavy (non-hydrogen) atoms. The first-order chi connectivity index (χ1) is 14.0. The SMILES string of the molecule is CCCN(C(=O)CC12CC3CC(CC(C3)C1)C2)c1nc(-c2ccc(Br)cc2)cs1. The molecule has 4 saturated carbocycles. The number of carbonyl (C=O) groups is 1. The van der Waals surface area contributed by atoms with Gasteiger partial charge in [-0.15, -0.1) is 11.3 Å². The van der Waals surface area contributed by atoms with Crippen LogP contribution in [0.2, 0.25) is 0 Å². The Hall–Kier alpha value is -1.20. The summed E-state index contributed by atoms with van der Waals surface area (Å²) in [4.78, 5) is 20.3. The quantitative estimate of drug-likeness (QED) is 0.456. The van der Waals surface area contributed by atoms with E-state index in [0.29, 0.717) is 5.91 Å². The fourth-order valence-electron chi connectivity index (χ4n) is 6.61. The van der Waals surface area contributed by atoms with Gasteiger partial charge in [-0.25, -0.2) is 4.98 Å². The number of aromatic nitrogens is 1. The van der Waals surface area contributed by atoms with E-state index in [4.69, 9.17) is 4.98 Å². The Labute approximate surface area is 186 Å². The van der Waals surface area contributed by atoms with Crippen LogP contribution in [-0.2, 0) is 4.79 Å². The molecular weight excluding hydrogens is 444 g/mol. The largest absolute Gasteiger partial charge is 0.288 e. The molecule has 1 heterocycles. The lowest BCUT2D eigenvalue weighted by Gasteiger charge is -2.56. The zero-order valence-electron chi connectivity index (χ0n) is 17.1. The molecule has 4 aliphatic carbocycles. The molecule has 4 fully saturated rings. The maximum absolute atomic E-state index is 13.5. The van der Waals surface area contributed by atoms with Crippen molar-refractivity contribution in [3.63, 3.8) is 0 Å². The maximum Gasteiger partial charge on any atom is 0.229 e. The minimum Gasteiger partial charge on any atom is -0.288 e. The van der Waals surface area contributed by atoms with Crippen molar-refractivity contribution in [2.24, 2.45) is 23.2 Å². The highest BCUT2D eigenvalue weighted by Gasteiger charge is 2.51. The number of nitrogens with zero attached hydrogens (tertiary/aromatic N) is 2. The molecule has 4 bridgehead atoms.